The molecule has 4 nitrogen and oxygen atoms in total. The van der Waals surface area contributed by atoms with Gasteiger partial charge in [-0.2, -0.15) is 0 Å². The molecule has 0 fully saturated rings. The molecular weight excluding hydrogens is 392 g/mol. The zero-order valence-corrected chi connectivity index (χ0v) is 17.3. The predicted molar refractivity (Wildman–Crippen MR) is 131 cm³/mol. The number of nitrogens with zero attached hydrogens (tertiary/aromatic N) is 2. The van der Waals surface area contributed by atoms with E-state index in [1.807, 2.05) is 60.7 Å². The SMILES string of the molecule is N=C1C=C(c2cccc(-c3ccncc3)c2)C=C(c2cccc(-c3ccncc3)c2)C1=N. The van der Waals surface area contributed by atoms with Gasteiger partial charge in [0, 0.05) is 30.4 Å². The molecule has 5 rings (SSSR count). The van der Waals surface area contributed by atoms with Gasteiger partial charge in [0.1, 0.15) is 0 Å². The molecule has 0 saturated heterocycles. The van der Waals surface area contributed by atoms with E-state index in [4.69, 9.17) is 10.8 Å². The van der Waals surface area contributed by atoms with Crippen LogP contribution in [0.1, 0.15) is 11.1 Å². The average Bonchev–Trinajstić information content (AvgIpc) is 2.87. The summed E-state index contributed by atoms with van der Waals surface area (Å²) in [6.07, 6.45) is 10.9. The normalized spacial score (nSPS) is 13.5. The summed E-state index contributed by atoms with van der Waals surface area (Å²) in [7, 11) is 0. The molecule has 0 radical (unpaired) electrons. The topological polar surface area (TPSA) is 73.5 Å². The minimum absolute atomic E-state index is 0.209. The molecule has 0 saturated carbocycles. The van der Waals surface area contributed by atoms with Gasteiger partial charge in [-0.25, -0.2) is 0 Å². The van der Waals surface area contributed by atoms with E-state index in [2.05, 4.69) is 28.2 Å². The quantitative estimate of drug-likeness (QED) is 0.384. The molecule has 0 spiro atoms. The molecule has 0 amide bonds. The van der Waals surface area contributed by atoms with Crippen LogP contribution < -0.4 is 0 Å². The van der Waals surface area contributed by atoms with Gasteiger partial charge in [-0.15, -0.1) is 0 Å². The fraction of sp³-hybridized carbons (Fsp3) is 0. The van der Waals surface area contributed by atoms with Gasteiger partial charge in [0.25, 0.3) is 0 Å². The zero-order valence-electron chi connectivity index (χ0n) is 17.3. The fourth-order valence-corrected chi connectivity index (χ4v) is 3.87. The Labute approximate surface area is 186 Å². The summed E-state index contributed by atoms with van der Waals surface area (Å²) in [5.41, 5.74) is 8.35. The first-order valence-corrected chi connectivity index (χ1v) is 10.3. The lowest BCUT2D eigenvalue weighted by Crippen LogP contribution is -2.15. The number of benzene rings is 2. The van der Waals surface area contributed by atoms with E-state index >= 15 is 0 Å². The molecule has 4 aromatic rings. The molecule has 4 heteroatoms. The Morgan fingerprint density at radius 2 is 1.00 bits per heavy atom. The van der Waals surface area contributed by atoms with Crippen LogP contribution in [0, 0.1) is 10.8 Å². The first-order chi connectivity index (χ1) is 15.7. The Bertz CT molecular complexity index is 1380. The smallest absolute Gasteiger partial charge is 0.0867 e. The van der Waals surface area contributed by atoms with Crippen LogP contribution >= 0.6 is 0 Å². The second-order valence-corrected chi connectivity index (χ2v) is 7.58. The van der Waals surface area contributed by atoms with Crippen molar-refractivity contribution in [3.63, 3.8) is 0 Å². The van der Waals surface area contributed by atoms with Crippen LogP contribution in [-0.2, 0) is 0 Å². The molecule has 0 unspecified atom stereocenters. The fourth-order valence-electron chi connectivity index (χ4n) is 3.87. The van der Waals surface area contributed by atoms with Crippen molar-refractivity contribution < 1.29 is 0 Å². The van der Waals surface area contributed by atoms with Crippen molar-refractivity contribution in [3.8, 4) is 22.3 Å². The molecule has 2 aromatic carbocycles. The molecular formula is C28H20N4. The monoisotopic (exact) mass is 412 g/mol. The van der Waals surface area contributed by atoms with Gasteiger partial charge in [0.05, 0.1) is 11.4 Å². The van der Waals surface area contributed by atoms with E-state index in [0.29, 0.717) is 0 Å². The van der Waals surface area contributed by atoms with E-state index in [0.717, 1.165) is 44.5 Å². The Kier molecular flexibility index (Phi) is 5.10. The third-order valence-electron chi connectivity index (χ3n) is 5.54. The number of aromatic nitrogens is 2. The lowest BCUT2D eigenvalue weighted by Gasteiger charge is -2.18. The second-order valence-electron chi connectivity index (χ2n) is 7.58. The second kappa shape index (κ2) is 8.36. The first kappa shape index (κ1) is 19.5. The average molecular weight is 412 g/mol. The van der Waals surface area contributed by atoms with Crippen LogP contribution in [-0.4, -0.2) is 21.4 Å². The minimum Gasteiger partial charge on any atom is -0.299 e. The van der Waals surface area contributed by atoms with Crippen molar-refractivity contribution in [1.29, 1.82) is 10.8 Å². The molecule has 0 bridgehead atoms. The number of pyridine rings is 2. The molecule has 1 aliphatic rings. The maximum atomic E-state index is 8.54. The van der Waals surface area contributed by atoms with Gasteiger partial charge in [-0.1, -0.05) is 36.4 Å². The lowest BCUT2D eigenvalue weighted by atomic mass is 9.86. The molecule has 32 heavy (non-hydrogen) atoms. The number of hydrogen-bond donors (Lipinski definition) is 2. The highest BCUT2D eigenvalue weighted by molar-refractivity contribution is 6.61. The van der Waals surface area contributed by atoms with Crippen LogP contribution in [0.3, 0.4) is 0 Å². The van der Waals surface area contributed by atoms with Crippen molar-refractivity contribution in [2.75, 3.05) is 0 Å². The summed E-state index contributed by atoms with van der Waals surface area (Å²) in [6, 6.07) is 24.3. The standard InChI is InChI=1S/C28H20N4/c29-27-18-25(23-5-1-3-21(15-23)19-7-11-31-12-8-19)17-26(28(27)30)24-6-2-4-22(16-24)20-9-13-32-14-10-20/h1-18,29-30H. The molecule has 2 N–H and O–H groups in total. The van der Waals surface area contributed by atoms with Crippen molar-refractivity contribution in [3.05, 3.63) is 121 Å². The molecule has 152 valence electrons. The van der Waals surface area contributed by atoms with Crippen LogP contribution in [0.15, 0.2) is 110 Å². The summed E-state index contributed by atoms with van der Waals surface area (Å²) in [5.74, 6) is 0. The number of allylic oxidation sites excluding steroid dienone is 4. The Morgan fingerprint density at radius 3 is 1.59 bits per heavy atom. The zero-order chi connectivity index (χ0) is 21.9. The molecule has 0 atom stereocenters. The highest BCUT2D eigenvalue weighted by Crippen LogP contribution is 2.32. The largest absolute Gasteiger partial charge is 0.299 e. The van der Waals surface area contributed by atoms with Crippen molar-refractivity contribution >= 4 is 22.6 Å². The highest BCUT2D eigenvalue weighted by atomic mass is 14.6. The van der Waals surface area contributed by atoms with E-state index in [9.17, 15) is 0 Å². The number of hydrogen-bond acceptors (Lipinski definition) is 4. The van der Waals surface area contributed by atoms with Crippen LogP contribution in [0.25, 0.3) is 33.4 Å². The van der Waals surface area contributed by atoms with Gasteiger partial charge >= 0.3 is 0 Å². The summed E-state index contributed by atoms with van der Waals surface area (Å²) in [4.78, 5) is 8.19. The maximum absolute atomic E-state index is 8.54. The molecule has 2 heterocycles. The number of rotatable bonds is 4. The molecule has 2 aromatic heterocycles. The maximum Gasteiger partial charge on any atom is 0.0867 e. The van der Waals surface area contributed by atoms with Crippen molar-refractivity contribution in [1.82, 2.24) is 9.97 Å². The highest BCUT2D eigenvalue weighted by Gasteiger charge is 2.19. The third kappa shape index (κ3) is 3.82. The Balaban J connectivity index is 1.56. The summed E-state index contributed by atoms with van der Waals surface area (Å²) in [5, 5.41) is 17.0. The molecule has 1 aliphatic carbocycles. The third-order valence-corrected chi connectivity index (χ3v) is 5.54. The van der Waals surface area contributed by atoms with Crippen molar-refractivity contribution in [2.24, 2.45) is 0 Å². The summed E-state index contributed by atoms with van der Waals surface area (Å²) < 4.78 is 0. The first-order valence-electron chi connectivity index (χ1n) is 10.3. The van der Waals surface area contributed by atoms with Gasteiger partial charge in [-0.3, -0.25) is 20.8 Å². The molecule has 0 aliphatic heterocycles. The summed E-state index contributed by atoms with van der Waals surface area (Å²) >= 11 is 0. The Hall–Kier alpha value is -4.44. The Morgan fingerprint density at radius 1 is 0.500 bits per heavy atom. The van der Waals surface area contributed by atoms with Gasteiger partial charge in [0.15, 0.2) is 0 Å². The summed E-state index contributed by atoms with van der Waals surface area (Å²) in [6.45, 7) is 0. The number of nitrogens with one attached hydrogen (secondary N) is 2. The van der Waals surface area contributed by atoms with Crippen LogP contribution in [0.4, 0.5) is 0 Å². The van der Waals surface area contributed by atoms with Crippen molar-refractivity contribution in [2.45, 2.75) is 0 Å². The van der Waals surface area contributed by atoms with Crippen LogP contribution in [0.2, 0.25) is 0 Å². The van der Waals surface area contributed by atoms with E-state index in [1.165, 1.54) is 0 Å². The predicted octanol–water partition coefficient (Wildman–Crippen LogP) is 6.33. The van der Waals surface area contributed by atoms with E-state index in [-0.39, 0.29) is 11.4 Å². The van der Waals surface area contributed by atoms with Gasteiger partial charge in [0.2, 0.25) is 0 Å². The van der Waals surface area contributed by atoms with Crippen LogP contribution in [0.5, 0.6) is 0 Å². The van der Waals surface area contributed by atoms with Gasteiger partial charge < -0.3 is 0 Å². The minimum atomic E-state index is 0.209. The lowest BCUT2D eigenvalue weighted by molar-refractivity contribution is 1.33. The van der Waals surface area contributed by atoms with Gasteiger partial charge in [-0.05, 0) is 87.5 Å². The van der Waals surface area contributed by atoms with E-state index in [1.54, 1.807) is 30.9 Å². The van der Waals surface area contributed by atoms with E-state index < -0.39 is 0 Å².